The van der Waals surface area contributed by atoms with E-state index in [9.17, 15) is 4.39 Å². The summed E-state index contributed by atoms with van der Waals surface area (Å²) in [4.78, 5) is 0. The molecule has 2 rings (SSSR count). The lowest BCUT2D eigenvalue weighted by Gasteiger charge is -2.04. The molecule has 2 aromatic rings. The number of ether oxygens (including phenoxy) is 1. The molecule has 1 heterocycles. The van der Waals surface area contributed by atoms with Gasteiger partial charge >= 0.3 is 0 Å². The Hall–Kier alpha value is -1.33. The summed E-state index contributed by atoms with van der Waals surface area (Å²) < 4.78 is 24.6. The van der Waals surface area contributed by atoms with Crippen LogP contribution in [0.5, 0.6) is 5.75 Å². The highest BCUT2D eigenvalue weighted by atomic mass is 79.9. The predicted octanol–water partition coefficient (Wildman–Crippen LogP) is 3.87. The van der Waals surface area contributed by atoms with E-state index in [4.69, 9.17) is 9.15 Å². The maximum Gasteiger partial charge on any atom is 0.146 e. The van der Waals surface area contributed by atoms with Crippen molar-refractivity contribution in [3.8, 4) is 5.75 Å². The van der Waals surface area contributed by atoms with Crippen molar-refractivity contribution < 1.29 is 13.5 Å². The van der Waals surface area contributed by atoms with Crippen molar-refractivity contribution in [1.82, 2.24) is 5.32 Å². The van der Waals surface area contributed by atoms with Crippen LogP contribution in [0.1, 0.15) is 18.2 Å². The number of hydrogen-bond acceptors (Lipinski definition) is 3. The number of furan rings is 1. The molecule has 0 saturated carbocycles. The van der Waals surface area contributed by atoms with E-state index >= 15 is 0 Å². The van der Waals surface area contributed by atoms with E-state index in [-0.39, 0.29) is 12.4 Å². The lowest BCUT2D eigenvalue weighted by Crippen LogP contribution is -2.10. The van der Waals surface area contributed by atoms with E-state index in [1.807, 2.05) is 13.0 Å². The van der Waals surface area contributed by atoms with Gasteiger partial charge < -0.3 is 14.5 Å². The monoisotopic (exact) mass is 327 g/mol. The number of nitrogens with one attached hydrogen (secondary N) is 1. The van der Waals surface area contributed by atoms with Crippen molar-refractivity contribution in [2.75, 3.05) is 6.54 Å². The van der Waals surface area contributed by atoms with Crippen molar-refractivity contribution in [3.05, 3.63) is 52.1 Å². The van der Waals surface area contributed by atoms with E-state index < -0.39 is 0 Å². The third kappa shape index (κ3) is 4.08. The smallest absolute Gasteiger partial charge is 0.146 e. The Morgan fingerprint density at radius 2 is 2.21 bits per heavy atom. The SMILES string of the molecule is CCNCc1coc(COc2ccc(Br)c(F)c2)c1. The minimum Gasteiger partial charge on any atom is -0.486 e. The average molecular weight is 328 g/mol. The summed E-state index contributed by atoms with van der Waals surface area (Å²) >= 11 is 3.10. The summed E-state index contributed by atoms with van der Waals surface area (Å²) in [7, 11) is 0. The molecule has 3 nitrogen and oxygen atoms in total. The Labute approximate surface area is 119 Å². The van der Waals surface area contributed by atoms with Crippen LogP contribution < -0.4 is 10.1 Å². The summed E-state index contributed by atoms with van der Waals surface area (Å²) in [6.07, 6.45) is 1.70. The van der Waals surface area contributed by atoms with Gasteiger partial charge in [-0.25, -0.2) is 4.39 Å². The fourth-order valence-electron chi connectivity index (χ4n) is 1.59. The maximum absolute atomic E-state index is 13.3. The molecule has 0 saturated heterocycles. The summed E-state index contributed by atoms with van der Waals surface area (Å²) in [6, 6.07) is 6.59. The maximum atomic E-state index is 13.3. The van der Waals surface area contributed by atoms with E-state index in [0.717, 1.165) is 24.4 Å². The van der Waals surface area contributed by atoms with Gasteiger partial charge in [-0.2, -0.15) is 0 Å². The van der Waals surface area contributed by atoms with Crippen LogP contribution in [0.25, 0.3) is 0 Å². The molecule has 5 heteroatoms. The quantitative estimate of drug-likeness (QED) is 0.874. The first-order valence-corrected chi connectivity index (χ1v) is 6.83. The zero-order valence-electron chi connectivity index (χ0n) is 10.6. The third-order valence-electron chi connectivity index (χ3n) is 2.56. The van der Waals surface area contributed by atoms with Gasteiger partial charge in [0.1, 0.15) is 23.9 Å². The number of rotatable bonds is 6. The highest BCUT2D eigenvalue weighted by Gasteiger charge is 2.05. The van der Waals surface area contributed by atoms with Gasteiger partial charge in [-0.1, -0.05) is 6.92 Å². The van der Waals surface area contributed by atoms with Crippen molar-refractivity contribution in [2.45, 2.75) is 20.1 Å². The molecule has 0 atom stereocenters. The van der Waals surface area contributed by atoms with E-state index in [0.29, 0.717) is 10.2 Å². The summed E-state index contributed by atoms with van der Waals surface area (Å²) in [5.74, 6) is 0.853. The van der Waals surface area contributed by atoms with Crippen LogP contribution in [-0.4, -0.2) is 6.54 Å². The van der Waals surface area contributed by atoms with Crippen LogP contribution in [0, 0.1) is 5.82 Å². The molecule has 102 valence electrons. The first-order valence-electron chi connectivity index (χ1n) is 6.04. The summed E-state index contributed by atoms with van der Waals surface area (Å²) in [5, 5.41) is 3.21. The molecule has 0 bridgehead atoms. The second kappa shape index (κ2) is 6.73. The second-order valence-corrected chi connectivity index (χ2v) is 4.92. The molecule has 0 radical (unpaired) electrons. The zero-order valence-corrected chi connectivity index (χ0v) is 12.2. The van der Waals surface area contributed by atoms with Gasteiger partial charge in [0.2, 0.25) is 0 Å². The molecule has 1 N–H and O–H groups in total. The number of halogens is 2. The lowest BCUT2D eigenvalue weighted by atomic mass is 10.3. The lowest BCUT2D eigenvalue weighted by molar-refractivity contribution is 0.269. The zero-order chi connectivity index (χ0) is 13.7. The molecule has 0 aliphatic carbocycles. The van der Waals surface area contributed by atoms with Gasteiger partial charge in [-0.3, -0.25) is 0 Å². The molecule has 19 heavy (non-hydrogen) atoms. The van der Waals surface area contributed by atoms with Gasteiger partial charge in [0.05, 0.1) is 10.7 Å². The first kappa shape index (κ1) is 14.1. The van der Waals surface area contributed by atoms with Gasteiger partial charge in [0, 0.05) is 18.2 Å². The highest BCUT2D eigenvalue weighted by Crippen LogP contribution is 2.22. The van der Waals surface area contributed by atoms with Crippen LogP contribution in [0.3, 0.4) is 0 Å². The molecule has 0 fully saturated rings. The van der Waals surface area contributed by atoms with E-state index in [1.54, 1.807) is 18.4 Å². The molecular formula is C14H15BrFNO2. The van der Waals surface area contributed by atoms with Crippen molar-refractivity contribution in [1.29, 1.82) is 0 Å². The molecule has 1 aromatic heterocycles. The molecule has 0 aliphatic rings. The normalized spacial score (nSPS) is 10.7. The first-order chi connectivity index (χ1) is 9.19. The fourth-order valence-corrected chi connectivity index (χ4v) is 1.83. The minimum atomic E-state index is -0.343. The Bertz CT molecular complexity index is 542. The van der Waals surface area contributed by atoms with E-state index in [1.165, 1.54) is 6.07 Å². The second-order valence-electron chi connectivity index (χ2n) is 4.07. The summed E-state index contributed by atoms with van der Waals surface area (Å²) in [6.45, 7) is 4.02. The van der Waals surface area contributed by atoms with Crippen molar-refractivity contribution in [2.24, 2.45) is 0 Å². The number of benzene rings is 1. The van der Waals surface area contributed by atoms with Crippen LogP contribution in [0.2, 0.25) is 0 Å². The Morgan fingerprint density at radius 3 is 2.95 bits per heavy atom. The van der Waals surface area contributed by atoms with Gasteiger partial charge in [0.15, 0.2) is 0 Å². The minimum absolute atomic E-state index is 0.285. The Kier molecular flexibility index (Phi) is 4.99. The summed E-state index contributed by atoms with van der Waals surface area (Å²) in [5.41, 5.74) is 1.07. The van der Waals surface area contributed by atoms with E-state index in [2.05, 4.69) is 21.2 Å². The largest absolute Gasteiger partial charge is 0.486 e. The standard InChI is InChI=1S/C14H15BrFNO2/c1-2-17-7-10-5-12(18-8-10)9-19-11-3-4-13(15)14(16)6-11/h3-6,8,17H,2,7,9H2,1H3. The van der Waals surface area contributed by atoms with Crippen LogP contribution in [0.4, 0.5) is 4.39 Å². The molecule has 1 aromatic carbocycles. The molecular weight excluding hydrogens is 313 g/mol. The van der Waals surface area contributed by atoms with Gasteiger partial charge in [0.25, 0.3) is 0 Å². The van der Waals surface area contributed by atoms with Gasteiger partial charge in [-0.05, 0) is 40.7 Å². The highest BCUT2D eigenvalue weighted by molar-refractivity contribution is 9.10. The molecule has 0 aliphatic heterocycles. The predicted molar refractivity (Wildman–Crippen MR) is 74.5 cm³/mol. The van der Waals surface area contributed by atoms with Crippen LogP contribution >= 0.6 is 15.9 Å². The molecule has 0 spiro atoms. The van der Waals surface area contributed by atoms with Crippen molar-refractivity contribution in [3.63, 3.8) is 0 Å². The molecule has 0 unspecified atom stereocenters. The van der Waals surface area contributed by atoms with Crippen LogP contribution in [-0.2, 0) is 13.2 Å². The topological polar surface area (TPSA) is 34.4 Å². The van der Waals surface area contributed by atoms with Gasteiger partial charge in [-0.15, -0.1) is 0 Å². The third-order valence-corrected chi connectivity index (χ3v) is 3.20. The Morgan fingerprint density at radius 1 is 1.37 bits per heavy atom. The van der Waals surface area contributed by atoms with Crippen molar-refractivity contribution >= 4 is 15.9 Å². The fraction of sp³-hybridized carbons (Fsp3) is 0.286. The average Bonchev–Trinajstić information content (AvgIpc) is 2.86. The van der Waals surface area contributed by atoms with Crippen LogP contribution in [0.15, 0.2) is 39.4 Å². The molecule has 0 amide bonds. The number of hydrogen-bond donors (Lipinski definition) is 1. The Balaban J connectivity index is 1.91.